The molecule has 3 rings (SSSR count). The molecule has 1 N–H and O–H groups in total. The van der Waals surface area contributed by atoms with Crippen LogP contribution in [0.2, 0.25) is 10.0 Å². The van der Waals surface area contributed by atoms with Crippen LogP contribution in [0.15, 0.2) is 29.1 Å². The Labute approximate surface area is 167 Å². The van der Waals surface area contributed by atoms with Crippen LogP contribution in [0.1, 0.15) is 36.8 Å². The normalized spacial score (nSPS) is 11.0. The Morgan fingerprint density at radius 1 is 1.11 bits per heavy atom. The lowest BCUT2D eigenvalue weighted by atomic mass is 10.2. The first-order valence-electron chi connectivity index (χ1n) is 8.69. The highest BCUT2D eigenvalue weighted by Crippen LogP contribution is 2.33. The van der Waals surface area contributed by atoms with Crippen molar-refractivity contribution in [3.8, 4) is 11.5 Å². The van der Waals surface area contributed by atoms with E-state index >= 15 is 0 Å². The number of hydrogen-bond donors (Lipinski definition) is 1. The van der Waals surface area contributed by atoms with Crippen molar-refractivity contribution in [1.29, 1.82) is 0 Å². The van der Waals surface area contributed by atoms with Crippen LogP contribution in [0.3, 0.4) is 0 Å². The fraction of sp³-hybridized carbons (Fsp3) is 0.316. The van der Waals surface area contributed by atoms with Gasteiger partial charge in [-0.05, 0) is 38.0 Å². The molecule has 1 aromatic carbocycles. The van der Waals surface area contributed by atoms with Crippen molar-refractivity contribution in [2.24, 2.45) is 0 Å². The highest BCUT2D eigenvalue weighted by Gasteiger charge is 2.19. The Kier molecular flexibility index (Phi) is 5.87. The van der Waals surface area contributed by atoms with E-state index in [9.17, 15) is 4.79 Å². The number of rotatable bonds is 6. The van der Waals surface area contributed by atoms with Gasteiger partial charge in [0, 0.05) is 16.1 Å². The first-order valence-corrected chi connectivity index (χ1v) is 9.44. The van der Waals surface area contributed by atoms with Crippen molar-refractivity contribution in [1.82, 2.24) is 19.7 Å². The van der Waals surface area contributed by atoms with Crippen LogP contribution < -0.4 is 10.3 Å². The second kappa shape index (κ2) is 8.15. The zero-order valence-corrected chi connectivity index (χ0v) is 16.9. The van der Waals surface area contributed by atoms with Gasteiger partial charge in [-0.1, -0.05) is 37.0 Å². The van der Waals surface area contributed by atoms with Crippen molar-refractivity contribution in [3.63, 3.8) is 0 Å². The molecule has 0 aliphatic heterocycles. The molecule has 27 heavy (non-hydrogen) atoms. The molecule has 2 aromatic heterocycles. The van der Waals surface area contributed by atoms with Gasteiger partial charge in [-0.15, -0.1) is 0 Å². The molecule has 0 radical (unpaired) electrons. The van der Waals surface area contributed by atoms with E-state index in [4.69, 9.17) is 27.9 Å². The summed E-state index contributed by atoms with van der Waals surface area (Å²) in [7, 11) is 0. The molecular weight excluding hydrogens is 387 g/mol. The largest absolute Gasteiger partial charge is 0.453 e. The predicted octanol–water partition coefficient (Wildman–Crippen LogP) is 4.55. The molecule has 8 heteroatoms. The average Bonchev–Trinajstić information content (AvgIpc) is 2.89. The highest BCUT2D eigenvalue weighted by molar-refractivity contribution is 6.34. The minimum atomic E-state index is -0.177. The predicted molar refractivity (Wildman–Crippen MR) is 106 cm³/mol. The monoisotopic (exact) mass is 406 g/mol. The summed E-state index contributed by atoms with van der Waals surface area (Å²) >= 11 is 12.2. The van der Waals surface area contributed by atoms with Gasteiger partial charge in [-0.3, -0.25) is 9.48 Å². The molecule has 142 valence electrons. The van der Waals surface area contributed by atoms with Crippen LogP contribution in [0, 0.1) is 6.92 Å². The minimum absolute atomic E-state index is 0.177. The number of aromatic amines is 1. The van der Waals surface area contributed by atoms with Gasteiger partial charge in [0.1, 0.15) is 17.3 Å². The van der Waals surface area contributed by atoms with Gasteiger partial charge in [0.15, 0.2) is 5.75 Å². The molecular formula is C19H20Cl2N4O2. The quantitative estimate of drug-likeness (QED) is 0.651. The maximum Gasteiger partial charge on any atom is 0.251 e. The van der Waals surface area contributed by atoms with E-state index in [0.717, 1.165) is 11.4 Å². The number of H-pyrrole nitrogens is 1. The molecule has 0 saturated heterocycles. The van der Waals surface area contributed by atoms with E-state index in [0.29, 0.717) is 52.4 Å². The smallest absolute Gasteiger partial charge is 0.251 e. The number of nitrogens with zero attached hydrogens (tertiary/aromatic N) is 3. The molecule has 6 nitrogen and oxygen atoms in total. The van der Waals surface area contributed by atoms with Crippen LogP contribution in [0.4, 0.5) is 0 Å². The zero-order valence-electron chi connectivity index (χ0n) is 15.3. The number of halogens is 2. The van der Waals surface area contributed by atoms with E-state index in [1.54, 1.807) is 25.1 Å². The summed E-state index contributed by atoms with van der Waals surface area (Å²) in [6.07, 6.45) is 1.41. The molecule has 0 bridgehead atoms. The molecule has 0 amide bonds. The fourth-order valence-electron chi connectivity index (χ4n) is 2.94. The summed E-state index contributed by atoms with van der Waals surface area (Å²) in [5.41, 5.74) is 2.21. The second-order valence-corrected chi connectivity index (χ2v) is 6.99. The first-order chi connectivity index (χ1) is 12.9. The van der Waals surface area contributed by atoms with E-state index in [1.807, 2.05) is 18.5 Å². The van der Waals surface area contributed by atoms with E-state index < -0.39 is 0 Å². The Balaban J connectivity index is 2.00. The molecule has 0 spiro atoms. The number of benzene rings is 1. The molecule has 0 aliphatic rings. The molecule has 0 saturated carbocycles. The molecule has 0 fully saturated rings. The molecule has 3 aromatic rings. The third-order valence-electron chi connectivity index (χ3n) is 4.03. The lowest BCUT2D eigenvalue weighted by Crippen LogP contribution is -2.14. The second-order valence-electron chi connectivity index (χ2n) is 6.12. The minimum Gasteiger partial charge on any atom is -0.453 e. The van der Waals surface area contributed by atoms with Gasteiger partial charge in [-0.2, -0.15) is 5.10 Å². The van der Waals surface area contributed by atoms with Gasteiger partial charge in [0.25, 0.3) is 5.56 Å². The summed E-state index contributed by atoms with van der Waals surface area (Å²) in [6, 6.07) is 6.56. The maximum atomic E-state index is 11.7. The lowest BCUT2D eigenvalue weighted by molar-refractivity contribution is 0.469. The van der Waals surface area contributed by atoms with Crippen LogP contribution in [0.25, 0.3) is 0 Å². The fourth-order valence-corrected chi connectivity index (χ4v) is 3.45. The molecule has 0 unspecified atom stereocenters. The standard InChI is InChI=1S/C19H20Cl2N4O2/c1-4-16-19(27-15-7-12(20)6-13(21)8-15)17(5-2)25(24-16)10-14-9-18(26)23-11(3)22-14/h6-9H,4-5,10H2,1-3H3,(H,22,23,26). The summed E-state index contributed by atoms with van der Waals surface area (Å²) in [5, 5.41) is 5.68. The summed E-state index contributed by atoms with van der Waals surface area (Å²) < 4.78 is 7.94. The van der Waals surface area contributed by atoms with Crippen LogP contribution in [-0.2, 0) is 19.4 Å². The number of aryl methyl sites for hydroxylation is 2. The summed E-state index contributed by atoms with van der Waals surface area (Å²) in [6.45, 7) is 6.19. The Bertz CT molecular complexity index is 1010. The van der Waals surface area contributed by atoms with Crippen LogP contribution in [-0.4, -0.2) is 19.7 Å². The van der Waals surface area contributed by atoms with E-state index in [1.165, 1.54) is 6.07 Å². The van der Waals surface area contributed by atoms with E-state index in [-0.39, 0.29) is 5.56 Å². The molecule has 2 heterocycles. The number of nitrogens with one attached hydrogen (secondary N) is 1. The van der Waals surface area contributed by atoms with Gasteiger partial charge < -0.3 is 9.72 Å². The zero-order chi connectivity index (χ0) is 19.6. The Morgan fingerprint density at radius 3 is 2.41 bits per heavy atom. The van der Waals surface area contributed by atoms with Gasteiger partial charge in [0.2, 0.25) is 0 Å². The average molecular weight is 407 g/mol. The van der Waals surface area contributed by atoms with Crippen molar-refractivity contribution in [3.05, 3.63) is 67.6 Å². The van der Waals surface area contributed by atoms with Gasteiger partial charge in [-0.25, -0.2) is 4.98 Å². The number of aromatic nitrogens is 4. The van der Waals surface area contributed by atoms with Crippen molar-refractivity contribution < 1.29 is 4.74 Å². The van der Waals surface area contributed by atoms with Gasteiger partial charge in [0.05, 0.1) is 17.9 Å². The summed E-state index contributed by atoms with van der Waals surface area (Å²) in [5.74, 6) is 1.82. The number of ether oxygens (including phenoxy) is 1. The number of hydrogen-bond acceptors (Lipinski definition) is 4. The maximum absolute atomic E-state index is 11.7. The molecule has 0 atom stereocenters. The molecule has 0 aliphatic carbocycles. The van der Waals surface area contributed by atoms with Crippen molar-refractivity contribution >= 4 is 23.2 Å². The van der Waals surface area contributed by atoms with Crippen LogP contribution >= 0.6 is 23.2 Å². The highest BCUT2D eigenvalue weighted by atomic mass is 35.5. The van der Waals surface area contributed by atoms with Crippen LogP contribution in [0.5, 0.6) is 11.5 Å². The first kappa shape index (κ1) is 19.5. The topological polar surface area (TPSA) is 72.8 Å². The third-order valence-corrected chi connectivity index (χ3v) is 4.46. The lowest BCUT2D eigenvalue weighted by Gasteiger charge is -2.10. The van der Waals surface area contributed by atoms with Crippen molar-refractivity contribution in [2.75, 3.05) is 0 Å². The Morgan fingerprint density at radius 2 is 1.81 bits per heavy atom. The third kappa shape index (κ3) is 4.51. The Hall–Kier alpha value is -2.31. The van der Waals surface area contributed by atoms with Gasteiger partial charge >= 0.3 is 0 Å². The van der Waals surface area contributed by atoms with Crippen molar-refractivity contribution in [2.45, 2.75) is 40.2 Å². The summed E-state index contributed by atoms with van der Waals surface area (Å²) in [4.78, 5) is 18.7. The SMILES string of the molecule is CCc1nn(Cc2cc(=O)[nH]c(C)n2)c(CC)c1Oc1cc(Cl)cc(Cl)c1. The van der Waals surface area contributed by atoms with E-state index in [2.05, 4.69) is 15.1 Å².